The van der Waals surface area contributed by atoms with Gasteiger partial charge in [0.1, 0.15) is 36.1 Å². The van der Waals surface area contributed by atoms with Crippen molar-refractivity contribution in [2.24, 2.45) is 5.92 Å². The molecule has 0 aliphatic carbocycles. The molecule has 14 heteroatoms. The van der Waals surface area contributed by atoms with E-state index >= 15 is 0 Å². The minimum atomic E-state index is -0.952. The molecule has 0 saturated carbocycles. The van der Waals surface area contributed by atoms with Crippen LogP contribution in [0.25, 0.3) is 0 Å². The minimum absolute atomic E-state index is 0.00631. The molecule has 14 nitrogen and oxygen atoms in total. The molecule has 3 amide bonds. The molecular weight excluding hydrogens is 795 g/mol. The van der Waals surface area contributed by atoms with Gasteiger partial charge in [0.15, 0.2) is 5.78 Å². The number of benzene rings is 4. The van der Waals surface area contributed by atoms with Crippen molar-refractivity contribution in [3.8, 4) is 11.5 Å². The molecule has 0 fully saturated rings. The number of Topliss-reactive ketones (excluding diaryl/α,β-unsaturated/α-hetero) is 2. The molecule has 0 saturated heterocycles. The Kier molecular flexibility index (Phi) is 20.0. The van der Waals surface area contributed by atoms with Gasteiger partial charge in [0.05, 0.1) is 32.9 Å². The van der Waals surface area contributed by atoms with Gasteiger partial charge in [-0.05, 0) is 78.6 Å². The Labute approximate surface area is 363 Å². The molecule has 62 heavy (non-hydrogen) atoms. The lowest BCUT2D eigenvalue weighted by Gasteiger charge is -2.20. The summed E-state index contributed by atoms with van der Waals surface area (Å²) in [6, 6.07) is 27.5. The number of hydrogen-bond acceptors (Lipinski definition) is 11. The summed E-state index contributed by atoms with van der Waals surface area (Å²) >= 11 is 0. The average molecular weight is 852 g/mol. The van der Waals surface area contributed by atoms with E-state index in [-0.39, 0.29) is 73.4 Å². The molecule has 0 aromatic heterocycles. The van der Waals surface area contributed by atoms with E-state index in [2.05, 4.69) is 16.0 Å². The first-order chi connectivity index (χ1) is 30.0. The quantitative estimate of drug-likeness (QED) is 0.0344. The Balaban J connectivity index is 1.34. The maximum absolute atomic E-state index is 13.9. The van der Waals surface area contributed by atoms with Crippen LogP contribution in [0.3, 0.4) is 0 Å². The maximum Gasteiger partial charge on any atom is 0.407 e. The van der Waals surface area contributed by atoms with Crippen LogP contribution in [-0.4, -0.2) is 76.1 Å². The highest BCUT2D eigenvalue weighted by Gasteiger charge is 2.25. The van der Waals surface area contributed by atoms with Crippen LogP contribution in [0.15, 0.2) is 97.1 Å². The lowest BCUT2D eigenvalue weighted by Crippen LogP contribution is -2.42. The third kappa shape index (κ3) is 16.1. The number of carbonyl (C=O) groups is 6. The zero-order valence-corrected chi connectivity index (χ0v) is 35.9. The Morgan fingerprint density at radius 1 is 0.548 bits per heavy atom. The number of methoxy groups -OCH3 is 3. The van der Waals surface area contributed by atoms with Crippen molar-refractivity contribution in [1.29, 1.82) is 0 Å². The number of rotatable bonds is 25. The molecule has 330 valence electrons. The van der Waals surface area contributed by atoms with Crippen molar-refractivity contribution in [3.63, 3.8) is 0 Å². The molecule has 4 aromatic carbocycles. The lowest BCUT2D eigenvalue weighted by atomic mass is 9.93. The molecule has 0 bridgehead atoms. The number of esters is 1. The highest BCUT2D eigenvalue weighted by molar-refractivity contribution is 6.01. The topological polar surface area (TPSA) is 185 Å². The highest BCUT2D eigenvalue weighted by Crippen LogP contribution is 2.24. The van der Waals surface area contributed by atoms with Gasteiger partial charge in [0.25, 0.3) is 5.91 Å². The molecule has 0 aliphatic rings. The third-order valence-electron chi connectivity index (χ3n) is 10.1. The van der Waals surface area contributed by atoms with Gasteiger partial charge in [0, 0.05) is 31.8 Å². The van der Waals surface area contributed by atoms with Crippen molar-refractivity contribution in [3.05, 3.63) is 130 Å². The van der Waals surface area contributed by atoms with Crippen LogP contribution in [0, 0.1) is 5.92 Å². The van der Waals surface area contributed by atoms with Gasteiger partial charge in [-0.2, -0.15) is 0 Å². The molecule has 0 aliphatic heterocycles. The van der Waals surface area contributed by atoms with Gasteiger partial charge < -0.3 is 39.6 Å². The van der Waals surface area contributed by atoms with Crippen LogP contribution in [0.4, 0.5) is 9.59 Å². The first kappa shape index (κ1) is 48.0. The van der Waals surface area contributed by atoms with Gasteiger partial charge in [0.2, 0.25) is 0 Å². The maximum atomic E-state index is 13.9. The number of alkyl carbamates (subject to hydrolysis) is 2. The molecular formula is C48H57N3O11. The predicted molar refractivity (Wildman–Crippen MR) is 232 cm³/mol. The Morgan fingerprint density at radius 3 is 1.55 bits per heavy atom. The molecule has 2 atom stereocenters. The molecule has 3 N–H and O–H groups in total. The molecule has 4 rings (SSSR count). The summed E-state index contributed by atoms with van der Waals surface area (Å²) in [5.41, 5.74) is 3.20. The minimum Gasteiger partial charge on any atom is -0.496 e. The van der Waals surface area contributed by atoms with E-state index in [0.29, 0.717) is 55.5 Å². The second-order valence-electron chi connectivity index (χ2n) is 14.7. The van der Waals surface area contributed by atoms with Crippen molar-refractivity contribution in [1.82, 2.24) is 16.0 Å². The molecule has 4 aromatic rings. The summed E-state index contributed by atoms with van der Waals surface area (Å²) in [5, 5.41) is 8.34. The first-order valence-corrected chi connectivity index (χ1v) is 20.7. The second kappa shape index (κ2) is 25.8. The van der Waals surface area contributed by atoms with Crippen LogP contribution in [0.2, 0.25) is 0 Å². The van der Waals surface area contributed by atoms with Crippen molar-refractivity contribution < 1.29 is 52.5 Å². The molecule has 0 radical (unpaired) electrons. The SMILES string of the molecule is COC(=O)c1cc(CC(=O)[C@H](CCCCNC(=O)OCc2ccccc2)NC(=O)c2cc(CC(=O)[C@@H](C)CCCCNC(=O)OCc3ccccc3)ccc2OC)ccc1OC. The van der Waals surface area contributed by atoms with Crippen molar-refractivity contribution >= 4 is 35.6 Å². The van der Waals surface area contributed by atoms with E-state index in [9.17, 15) is 28.8 Å². The largest absolute Gasteiger partial charge is 0.496 e. The van der Waals surface area contributed by atoms with Gasteiger partial charge in [-0.15, -0.1) is 0 Å². The van der Waals surface area contributed by atoms with Crippen molar-refractivity contribution in [2.45, 2.75) is 77.5 Å². The lowest BCUT2D eigenvalue weighted by molar-refractivity contribution is -0.122. The van der Waals surface area contributed by atoms with E-state index in [1.165, 1.54) is 27.4 Å². The van der Waals surface area contributed by atoms with Gasteiger partial charge >= 0.3 is 18.2 Å². The fourth-order valence-electron chi connectivity index (χ4n) is 6.57. The Morgan fingerprint density at radius 2 is 1.03 bits per heavy atom. The highest BCUT2D eigenvalue weighted by atomic mass is 16.6. The van der Waals surface area contributed by atoms with Gasteiger partial charge in [-0.3, -0.25) is 14.4 Å². The summed E-state index contributed by atoms with van der Waals surface area (Å²) in [6.07, 6.45) is 2.11. The smallest absolute Gasteiger partial charge is 0.407 e. The molecule has 0 unspecified atom stereocenters. The van der Waals surface area contributed by atoms with E-state index < -0.39 is 30.1 Å². The summed E-state index contributed by atoms with van der Waals surface area (Å²) in [4.78, 5) is 77.9. The molecule has 0 spiro atoms. The normalized spacial score (nSPS) is 11.6. The van der Waals surface area contributed by atoms with Crippen LogP contribution in [-0.2, 0) is 49.9 Å². The summed E-state index contributed by atoms with van der Waals surface area (Å²) in [5.74, 6) is -1.21. The van der Waals surface area contributed by atoms with Gasteiger partial charge in [-0.1, -0.05) is 86.1 Å². The Bertz CT molecular complexity index is 2090. The predicted octanol–water partition coefficient (Wildman–Crippen LogP) is 7.34. The van der Waals surface area contributed by atoms with E-state index in [4.69, 9.17) is 23.7 Å². The zero-order chi connectivity index (χ0) is 44.7. The number of amides is 3. The standard InChI is InChI=1S/C48H57N3O11/c1-33(15-11-13-25-49-47(56)61-31-34-16-7-5-8-17-34)41(52)29-36-21-23-43(58-2)38(27-36)45(54)51-40(20-12-14-26-50-48(57)62-32-35-18-9-6-10-19-35)42(53)30-37-22-24-44(59-3)39(28-37)46(55)60-4/h5-10,16-19,21-24,27-28,33,40H,11-15,20,25-26,29-32H2,1-4H3,(H,49,56)(H,50,57)(H,51,54)/t33-,40-/m0/s1. The molecule has 0 heterocycles. The van der Waals surface area contributed by atoms with Crippen LogP contribution < -0.4 is 25.4 Å². The van der Waals surface area contributed by atoms with E-state index in [1.54, 1.807) is 30.3 Å². The number of unbranched alkanes of at least 4 members (excludes halogenated alkanes) is 2. The van der Waals surface area contributed by atoms with Crippen LogP contribution in [0.1, 0.15) is 88.4 Å². The number of nitrogens with one attached hydrogen (secondary N) is 3. The van der Waals surface area contributed by atoms with Gasteiger partial charge in [-0.25, -0.2) is 14.4 Å². The van der Waals surface area contributed by atoms with E-state index in [0.717, 1.165) is 11.1 Å². The fraction of sp³-hybridized carbons (Fsp3) is 0.375. The average Bonchev–Trinajstić information content (AvgIpc) is 3.29. The summed E-state index contributed by atoms with van der Waals surface area (Å²) in [7, 11) is 4.10. The zero-order valence-electron chi connectivity index (χ0n) is 35.9. The number of carbonyl (C=O) groups excluding carboxylic acids is 6. The first-order valence-electron chi connectivity index (χ1n) is 20.7. The summed E-state index contributed by atoms with van der Waals surface area (Å²) < 4.78 is 26.2. The Hall–Kier alpha value is -6.70. The second-order valence-corrected chi connectivity index (χ2v) is 14.7. The number of ether oxygens (including phenoxy) is 5. The number of ketones is 2. The fourth-order valence-corrected chi connectivity index (χ4v) is 6.57. The monoisotopic (exact) mass is 851 g/mol. The summed E-state index contributed by atoms with van der Waals surface area (Å²) in [6.45, 7) is 2.88. The van der Waals surface area contributed by atoms with Crippen LogP contribution in [0.5, 0.6) is 11.5 Å². The van der Waals surface area contributed by atoms with Crippen LogP contribution >= 0.6 is 0 Å². The number of hydrogen-bond donors (Lipinski definition) is 3. The van der Waals surface area contributed by atoms with E-state index in [1.807, 2.05) is 67.6 Å². The third-order valence-corrected chi connectivity index (χ3v) is 10.1. The van der Waals surface area contributed by atoms with Crippen molar-refractivity contribution in [2.75, 3.05) is 34.4 Å².